The molecule has 5 heterocycles. The van der Waals surface area contributed by atoms with Gasteiger partial charge in [0.2, 0.25) is 0 Å². The van der Waals surface area contributed by atoms with Crippen LogP contribution >= 0.6 is 0 Å². The van der Waals surface area contributed by atoms with Crippen LogP contribution in [0.5, 0.6) is 6.01 Å². The normalized spacial score (nSPS) is 23.1. The lowest BCUT2D eigenvalue weighted by Gasteiger charge is -2.34. The maximum absolute atomic E-state index is 16.8. The first-order valence-electron chi connectivity index (χ1n) is 16.0. The number of anilines is 1. The van der Waals surface area contributed by atoms with Crippen molar-refractivity contribution in [2.45, 2.75) is 56.1 Å². The fourth-order valence-electron chi connectivity index (χ4n) is 7.67. The van der Waals surface area contributed by atoms with E-state index < -0.39 is 11.6 Å². The number of rotatable bonds is 8. The van der Waals surface area contributed by atoms with Gasteiger partial charge < -0.3 is 20.1 Å². The van der Waals surface area contributed by atoms with Crippen LogP contribution in [0, 0.1) is 24.0 Å². The first-order chi connectivity index (χ1) is 22.8. The number of fused-ring (bicyclic) bond motifs is 3. The van der Waals surface area contributed by atoms with Crippen molar-refractivity contribution in [1.29, 1.82) is 0 Å². The van der Waals surface area contributed by atoms with Gasteiger partial charge in [0, 0.05) is 48.9 Å². The molecule has 3 fully saturated rings. The van der Waals surface area contributed by atoms with Gasteiger partial charge >= 0.3 is 6.01 Å². The molecule has 3 aliphatic heterocycles. The Balaban J connectivity index is 1.33. The zero-order chi connectivity index (χ0) is 32.7. The topological polar surface area (TPSA) is 107 Å². The average molecular weight is 639 g/mol. The lowest BCUT2D eigenvalue weighted by Crippen LogP contribution is -2.47. The van der Waals surface area contributed by atoms with Gasteiger partial charge in [0.05, 0.1) is 16.5 Å². The maximum Gasteiger partial charge on any atom is 0.319 e. The highest BCUT2D eigenvalue weighted by Crippen LogP contribution is 2.45. The fourth-order valence-corrected chi connectivity index (χ4v) is 7.67. The molecule has 7 rings (SSSR count). The van der Waals surface area contributed by atoms with Gasteiger partial charge in [0.1, 0.15) is 36.1 Å². The second-order valence-electron chi connectivity index (χ2n) is 12.9. The van der Waals surface area contributed by atoms with Crippen LogP contribution in [-0.2, 0) is 9.53 Å². The molecule has 11 heteroatoms. The van der Waals surface area contributed by atoms with Gasteiger partial charge in [0.25, 0.3) is 6.47 Å². The summed E-state index contributed by atoms with van der Waals surface area (Å²) >= 11 is 0. The van der Waals surface area contributed by atoms with Crippen LogP contribution in [0.4, 0.5) is 14.6 Å². The van der Waals surface area contributed by atoms with Gasteiger partial charge in [-0.3, -0.25) is 14.7 Å². The van der Waals surface area contributed by atoms with Crippen LogP contribution in [0.25, 0.3) is 32.9 Å². The molecule has 3 atom stereocenters. The van der Waals surface area contributed by atoms with Crippen molar-refractivity contribution in [3.05, 3.63) is 65.9 Å². The second kappa shape index (κ2) is 12.5. The molecule has 47 heavy (non-hydrogen) atoms. The summed E-state index contributed by atoms with van der Waals surface area (Å²) in [4.78, 5) is 29.3. The summed E-state index contributed by atoms with van der Waals surface area (Å²) in [5.41, 5.74) is 7.58. The summed E-state index contributed by atoms with van der Waals surface area (Å²) in [7, 11) is 0. The largest absolute Gasteiger partial charge is 0.466 e. The number of nitrogens with two attached hydrogens (primary N) is 1. The predicted molar refractivity (Wildman–Crippen MR) is 176 cm³/mol. The maximum atomic E-state index is 16.8. The molecule has 9 nitrogen and oxygen atoms in total. The van der Waals surface area contributed by atoms with Gasteiger partial charge in [0.15, 0.2) is 5.82 Å². The van der Waals surface area contributed by atoms with Crippen molar-refractivity contribution in [1.82, 2.24) is 19.9 Å². The van der Waals surface area contributed by atoms with E-state index in [-0.39, 0.29) is 47.0 Å². The Bertz CT molecular complexity index is 1930. The van der Waals surface area contributed by atoms with E-state index in [4.69, 9.17) is 26.6 Å². The van der Waals surface area contributed by atoms with Crippen molar-refractivity contribution < 1.29 is 23.0 Å². The van der Waals surface area contributed by atoms with Gasteiger partial charge in [-0.15, -0.1) is 6.42 Å². The molecule has 2 aromatic carbocycles. The zero-order valence-corrected chi connectivity index (χ0v) is 26.1. The number of ether oxygens (including phenoxy) is 2. The van der Waals surface area contributed by atoms with E-state index >= 15 is 4.39 Å². The number of carbonyl (C=O) groups is 1. The van der Waals surface area contributed by atoms with Crippen molar-refractivity contribution in [3.63, 3.8) is 0 Å². The van der Waals surface area contributed by atoms with Crippen LogP contribution in [0.1, 0.15) is 44.1 Å². The van der Waals surface area contributed by atoms with E-state index in [9.17, 15) is 9.18 Å². The molecule has 0 unspecified atom stereocenters. The van der Waals surface area contributed by atoms with Crippen LogP contribution in [0.15, 0.2) is 48.7 Å². The SMILES string of the molecule is C#Cc1c(F)ccc2cccc(-c3ncc4c(N5CCCC[C@H](N)C5)nc(OC[C@@]56CC[C@@H](COC=O)N5CC(=C)C6)nc4c3F)c12. The Labute approximate surface area is 271 Å². The molecule has 2 N–H and O–H groups in total. The van der Waals surface area contributed by atoms with Crippen LogP contribution in [0.3, 0.4) is 0 Å². The number of halogens is 2. The number of aromatic nitrogens is 3. The molecule has 4 aromatic rings. The highest BCUT2D eigenvalue weighted by Gasteiger charge is 2.51. The molecule has 3 saturated heterocycles. The summed E-state index contributed by atoms with van der Waals surface area (Å²) in [5.74, 6) is 1.68. The van der Waals surface area contributed by atoms with Crippen molar-refractivity contribution in [2.24, 2.45) is 5.73 Å². The quantitative estimate of drug-likeness (QED) is 0.160. The highest BCUT2D eigenvalue weighted by molar-refractivity contribution is 6.02. The highest BCUT2D eigenvalue weighted by atomic mass is 19.1. The minimum absolute atomic E-state index is 0.000888. The third-order valence-corrected chi connectivity index (χ3v) is 9.84. The Hall–Kier alpha value is -4.66. The minimum Gasteiger partial charge on any atom is -0.466 e. The predicted octanol–water partition coefficient (Wildman–Crippen LogP) is 5.14. The lowest BCUT2D eigenvalue weighted by atomic mass is 9.94. The average Bonchev–Trinajstić information content (AvgIpc) is 3.47. The van der Waals surface area contributed by atoms with Gasteiger partial charge in [-0.1, -0.05) is 48.8 Å². The fraction of sp³-hybridized carbons (Fsp3) is 0.389. The Morgan fingerprint density at radius 1 is 1.19 bits per heavy atom. The number of hydrogen-bond donors (Lipinski definition) is 1. The van der Waals surface area contributed by atoms with E-state index in [0.29, 0.717) is 60.3 Å². The Kier molecular flexibility index (Phi) is 8.24. The number of nitrogens with zero attached hydrogens (tertiary/aromatic N) is 5. The third kappa shape index (κ3) is 5.55. The molecule has 3 aliphatic rings. The van der Waals surface area contributed by atoms with E-state index in [1.54, 1.807) is 30.5 Å². The Morgan fingerprint density at radius 3 is 2.89 bits per heavy atom. The van der Waals surface area contributed by atoms with Gasteiger partial charge in [-0.2, -0.15) is 9.97 Å². The number of terminal acetylenes is 1. The molecule has 2 aromatic heterocycles. The first kappa shape index (κ1) is 31.0. The zero-order valence-electron chi connectivity index (χ0n) is 26.1. The molecule has 0 bridgehead atoms. The summed E-state index contributed by atoms with van der Waals surface area (Å²) in [6, 6.07) is 8.18. The van der Waals surface area contributed by atoms with E-state index in [2.05, 4.69) is 32.3 Å². The monoisotopic (exact) mass is 638 g/mol. The number of benzene rings is 2. The summed E-state index contributed by atoms with van der Waals surface area (Å²) in [5, 5.41) is 1.50. The standard InChI is InChI=1S/C36H36F2N6O3/c1-3-26-29(37)11-10-23-7-6-9-27(30(23)26)32-31(38)33-28(16-40-32)34(43-14-5-4-8-24(39)18-43)42-35(41-33)47-20-36-13-12-25(19-46-21-45)44(36)17-22(2)15-36/h1,6-7,9-11,16,21,24-25H,2,4-5,8,12-15,17-20,39H2/t24-,25-,36-/m0/s1. The molecule has 0 spiro atoms. The number of pyridine rings is 1. The molecular weight excluding hydrogens is 602 g/mol. The first-order valence-corrected chi connectivity index (χ1v) is 16.0. The van der Waals surface area contributed by atoms with Crippen molar-refractivity contribution >= 4 is 34.0 Å². The van der Waals surface area contributed by atoms with Crippen LogP contribution in [-0.4, -0.2) is 76.8 Å². The Morgan fingerprint density at radius 2 is 2.06 bits per heavy atom. The lowest BCUT2D eigenvalue weighted by molar-refractivity contribution is -0.130. The molecule has 0 saturated carbocycles. The van der Waals surface area contributed by atoms with Crippen molar-refractivity contribution in [3.8, 4) is 29.6 Å². The summed E-state index contributed by atoms with van der Waals surface area (Å²) < 4.78 is 43.1. The summed E-state index contributed by atoms with van der Waals surface area (Å²) in [6.07, 6.45) is 12.4. The number of hydrogen-bond acceptors (Lipinski definition) is 9. The van der Waals surface area contributed by atoms with Gasteiger partial charge in [-0.05, 0) is 43.6 Å². The van der Waals surface area contributed by atoms with E-state index in [1.165, 1.54) is 6.07 Å². The molecule has 0 radical (unpaired) electrons. The minimum atomic E-state index is -0.684. The van der Waals surface area contributed by atoms with E-state index in [0.717, 1.165) is 44.1 Å². The van der Waals surface area contributed by atoms with Crippen molar-refractivity contribution in [2.75, 3.05) is 37.7 Å². The van der Waals surface area contributed by atoms with Crippen LogP contribution < -0.4 is 15.4 Å². The van der Waals surface area contributed by atoms with Crippen LogP contribution in [0.2, 0.25) is 0 Å². The molecule has 242 valence electrons. The number of carbonyl (C=O) groups excluding carboxylic acids is 1. The molecule has 0 amide bonds. The molecular formula is C36H36F2N6O3. The summed E-state index contributed by atoms with van der Waals surface area (Å²) in [6.45, 7) is 7.15. The van der Waals surface area contributed by atoms with E-state index in [1.807, 2.05) is 0 Å². The third-order valence-electron chi connectivity index (χ3n) is 9.84. The second-order valence-corrected chi connectivity index (χ2v) is 12.9. The van der Waals surface area contributed by atoms with Gasteiger partial charge in [-0.25, -0.2) is 8.78 Å². The smallest absolute Gasteiger partial charge is 0.319 e. The molecule has 0 aliphatic carbocycles.